The van der Waals surface area contributed by atoms with Crippen LogP contribution >= 0.6 is 0 Å². The van der Waals surface area contributed by atoms with Crippen LogP contribution in [0.4, 0.5) is 4.39 Å². The maximum absolute atomic E-state index is 13.0. The Morgan fingerprint density at radius 3 is 2.71 bits per heavy atom. The summed E-state index contributed by atoms with van der Waals surface area (Å²) >= 11 is 0. The average Bonchev–Trinajstić information content (AvgIpc) is 2.96. The molecule has 2 unspecified atom stereocenters. The first-order valence-corrected chi connectivity index (χ1v) is 8.05. The Morgan fingerprint density at radius 1 is 1.29 bits per heavy atom. The second kappa shape index (κ2) is 7.00. The number of hydrogen-bond donors (Lipinski definition) is 3. The molecule has 1 aliphatic rings. The summed E-state index contributed by atoms with van der Waals surface area (Å²) in [6, 6.07) is 5.56. The number of aliphatic hydroxyl groups excluding tert-OH is 1. The van der Waals surface area contributed by atoms with Gasteiger partial charge in [0, 0.05) is 12.5 Å². The Kier molecular flexibility index (Phi) is 4.80. The summed E-state index contributed by atoms with van der Waals surface area (Å²) in [7, 11) is 0. The zero-order valence-electron chi connectivity index (χ0n) is 13.2. The summed E-state index contributed by atoms with van der Waals surface area (Å²) in [6.07, 6.45) is 4.58. The van der Waals surface area contributed by atoms with E-state index in [2.05, 4.69) is 10.4 Å². The van der Waals surface area contributed by atoms with Gasteiger partial charge in [0.05, 0.1) is 18.0 Å². The second-order valence-corrected chi connectivity index (χ2v) is 6.11. The Morgan fingerprint density at radius 2 is 2.00 bits per heavy atom. The zero-order valence-corrected chi connectivity index (χ0v) is 13.2. The lowest BCUT2D eigenvalue weighted by Crippen LogP contribution is -2.36. The van der Waals surface area contributed by atoms with Crippen molar-refractivity contribution in [3.63, 3.8) is 0 Å². The molecule has 1 saturated carbocycles. The number of nitrogens with zero attached hydrogens (tertiary/aromatic N) is 2. The normalized spacial score (nSPS) is 20.8. The van der Waals surface area contributed by atoms with Crippen molar-refractivity contribution in [2.24, 2.45) is 5.92 Å². The molecule has 3 N–H and O–H groups in total. The van der Waals surface area contributed by atoms with Crippen LogP contribution in [0.25, 0.3) is 5.69 Å². The molecule has 1 heterocycles. The molecular formula is C17H20FN3O3. The van der Waals surface area contributed by atoms with Gasteiger partial charge >= 0.3 is 0 Å². The number of rotatable bonds is 4. The highest BCUT2D eigenvalue weighted by Crippen LogP contribution is 2.24. The van der Waals surface area contributed by atoms with Gasteiger partial charge in [-0.25, -0.2) is 9.07 Å². The summed E-state index contributed by atoms with van der Waals surface area (Å²) in [6.45, 7) is 0.350. The predicted octanol–water partition coefficient (Wildman–Crippen LogP) is 2.00. The first-order chi connectivity index (χ1) is 11.5. The summed E-state index contributed by atoms with van der Waals surface area (Å²) in [5, 5.41) is 26.7. The summed E-state index contributed by atoms with van der Waals surface area (Å²) < 4.78 is 14.3. The van der Waals surface area contributed by atoms with Gasteiger partial charge in [-0.2, -0.15) is 5.10 Å². The van der Waals surface area contributed by atoms with Gasteiger partial charge in [0.2, 0.25) is 0 Å². The quantitative estimate of drug-likeness (QED) is 0.798. The maximum atomic E-state index is 13.0. The number of aromatic nitrogens is 2. The molecule has 2 aromatic rings. The van der Waals surface area contributed by atoms with E-state index in [1.54, 1.807) is 0 Å². The lowest BCUT2D eigenvalue weighted by molar-refractivity contribution is 0.0661. The Labute approximate surface area is 138 Å². The van der Waals surface area contributed by atoms with Crippen LogP contribution < -0.4 is 5.32 Å². The predicted molar refractivity (Wildman–Crippen MR) is 85.5 cm³/mol. The van der Waals surface area contributed by atoms with E-state index < -0.39 is 12.0 Å². The Hall–Kier alpha value is -2.41. The van der Waals surface area contributed by atoms with Crippen molar-refractivity contribution in [3.05, 3.63) is 42.0 Å². The van der Waals surface area contributed by atoms with Gasteiger partial charge in [0.1, 0.15) is 5.82 Å². The van der Waals surface area contributed by atoms with Crippen LogP contribution in [0.5, 0.6) is 5.75 Å². The van der Waals surface area contributed by atoms with Crippen molar-refractivity contribution in [1.82, 2.24) is 15.1 Å². The highest BCUT2D eigenvalue weighted by Gasteiger charge is 2.24. The number of hydrogen-bond acceptors (Lipinski definition) is 4. The fraction of sp³-hybridized carbons (Fsp3) is 0.412. The number of aliphatic hydroxyl groups is 1. The minimum absolute atomic E-state index is 0.0315. The van der Waals surface area contributed by atoms with Gasteiger partial charge in [-0.15, -0.1) is 0 Å². The minimum Gasteiger partial charge on any atom is -0.504 e. The number of aromatic hydroxyl groups is 1. The van der Waals surface area contributed by atoms with Crippen LogP contribution in [0.3, 0.4) is 0 Å². The molecule has 1 fully saturated rings. The molecular weight excluding hydrogens is 313 g/mol. The second-order valence-electron chi connectivity index (χ2n) is 6.11. The number of benzene rings is 1. The van der Waals surface area contributed by atoms with E-state index in [-0.39, 0.29) is 23.2 Å². The fourth-order valence-electron chi connectivity index (χ4n) is 2.99. The third-order valence-corrected chi connectivity index (χ3v) is 4.39. The first kappa shape index (κ1) is 16.4. The minimum atomic E-state index is -0.494. The number of carbonyl (C=O) groups excluding carboxylic acids is 1. The van der Waals surface area contributed by atoms with Gasteiger partial charge in [-0.05, 0) is 37.1 Å². The van der Waals surface area contributed by atoms with E-state index >= 15 is 0 Å². The van der Waals surface area contributed by atoms with Gasteiger partial charge in [-0.1, -0.05) is 12.8 Å². The van der Waals surface area contributed by atoms with Gasteiger partial charge in [0.25, 0.3) is 5.91 Å². The molecule has 0 saturated heterocycles. The summed E-state index contributed by atoms with van der Waals surface area (Å²) in [5.74, 6) is -1.09. The highest BCUT2D eigenvalue weighted by atomic mass is 19.1. The van der Waals surface area contributed by atoms with E-state index in [4.69, 9.17) is 0 Å². The molecule has 128 valence electrons. The third-order valence-electron chi connectivity index (χ3n) is 4.39. The monoisotopic (exact) mass is 333 g/mol. The fourth-order valence-corrected chi connectivity index (χ4v) is 2.99. The SMILES string of the molecule is O=C(NCC1CCCCC1O)c1nn(-c2ccc(F)cc2)cc1O. The van der Waals surface area contributed by atoms with Crippen LogP contribution in [0.1, 0.15) is 36.2 Å². The molecule has 0 spiro atoms. The molecule has 0 radical (unpaired) electrons. The largest absolute Gasteiger partial charge is 0.504 e. The third kappa shape index (κ3) is 3.56. The van der Waals surface area contributed by atoms with E-state index in [0.717, 1.165) is 25.7 Å². The molecule has 1 amide bonds. The molecule has 0 aliphatic heterocycles. The molecule has 1 aliphatic carbocycles. The number of nitrogens with one attached hydrogen (secondary N) is 1. The maximum Gasteiger partial charge on any atom is 0.275 e. The van der Waals surface area contributed by atoms with Crippen LogP contribution in [0.15, 0.2) is 30.5 Å². The van der Waals surface area contributed by atoms with Crippen LogP contribution in [0.2, 0.25) is 0 Å². The van der Waals surface area contributed by atoms with Crippen molar-refractivity contribution >= 4 is 5.91 Å². The number of carbonyl (C=O) groups is 1. The van der Waals surface area contributed by atoms with Crippen molar-refractivity contribution in [3.8, 4) is 11.4 Å². The number of halogens is 1. The smallest absolute Gasteiger partial charge is 0.275 e. The van der Waals surface area contributed by atoms with Crippen LogP contribution in [-0.2, 0) is 0 Å². The first-order valence-electron chi connectivity index (χ1n) is 8.05. The average molecular weight is 333 g/mol. The van der Waals surface area contributed by atoms with E-state index in [9.17, 15) is 19.4 Å². The Bertz CT molecular complexity index is 714. The summed E-state index contributed by atoms with van der Waals surface area (Å²) in [5.41, 5.74) is 0.443. The standard InChI is InChI=1S/C17H20FN3O3/c18-12-5-7-13(8-6-12)21-10-15(23)16(20-21)17(24)19-9-11-3-1-2-4-14(11)22/h5-8,10-11,14,22-23H,1-4,9H2,(H,19,24). The van der Waals surface area contributed by atoms with E-state index in [0.29, 0.717) is 12.2 Å². The lowest BCUT2D eigenvalue weighted by Gasteiger charge is -2.27. The van der Waals surface area contributed by atoms with Gasteiger partial charge in [0.15, 0.2) is 11.4 Å². The molecule has 1 aromatic heterocycles. The van der Waals surface area contributed by atoms with E-state index in [1.807, 2.05) is 0 Å². The van der Waals surface area contributed by atoms with Crippen molar-refractivity contribution in [2.75, 3.05) is 6.54 Å². The zero-order chi connectivity index (χ0) is 17.1. The van der Waals surface area contributed by atoms with Crippen molar-refractivity contribution in [2.45, 2.75) is 31.8 Å². The van der Waals surface area contributed by atoms with Crippen LogP contribution in [-0.4, -0.2) is 38.5 Å². The molecule has 7 heteroatoms. The van der Waals surface area contributed by atoms with E-state index in [1.165, 1.54) is 35.1 Å². The van der Waals surface area contributed by atoms with Crippen molar-refractivity contribution < 1.29 is 19.4 Å². The number of amides is 1. The molecule has 3 rings (SSSR count). The molecule has 6 nitrogen and oxygen atoms in total. The molecule has 2 atom stereocenters. The highest BCUT2D eigenvalue weighted by molar-refractivity contribution is 5.94. The van der Waals surface area contributed by atoms with Gasteiger partial charge in [-0.3, -0.25) is 4.79 Å². The Balaban J connectivity index is 1.68. The lowest BCUT2D eigenvalue weighted by atomic mass is 9.86. The summed E-state index contributed by atoms with van der Waals surface area (Å²) in [4.78, 5) is 12.2. The van der Waals surface area contributed by atoms with Crippen LogP contribution in [0, 0.1) is 11.7 Å². The molecule has 24 heavy (non-hydrogen) atoms. The molecule has 0 bridgehead atoms. The topological polar surface area (TPSA) is 87.4 Å². The van der Waals surface area contributed by atoms with Crippen molar-refractivity contribution in [1.29, 1.82) is 0 Å². The van der Waals surface area contributed by atoms with Gasteiger partial charge < -0.3 is 15.5 Å². The molecule has 1 aromatic carbocycles.